The zero-order chi connectivity index (χ0) is 11.5. The average Bonchev–Trinajstić information content (AvgIpc) is 2.10. The van der Waals surface area contributed by atoms with E-state index in [1.54, 1.807) is 0 Å². The van der Waals surface area contributed by atoms with E-state index in [0.717, 1.165) is 31.3 Å². The van der Waals surface area contributed by atoms with E-state index in [9.17, 15) is 0 Å². The maximum Gasteiger partial charge on any atom is 0.0949 e. The van der Waals surface area contributed by atoms with Crippen molar-refractivity contribution in [2.75, 3.05) is 0 Å². The molecular weight excluding hydrogens is 182 g/mol. The molecule has 0 N–H and O–H groups in total. The Bertz CT molecular complexity index is 337. The number of allylic oxidation sites excluding steroid dienone is 4. The van der Waals surface area contributed by atoms with Crippen molar-refractivity contribution in [1.82, 2.24) is 0 Å². The van der Waals surface area contributed by atoms with Crippen LogP contribution < -0.4 is 0 Å². The normalized spacial score (nSPS) is 23.0. The summed E-state index contributed by atoms with van der Waals surface area (Å²) in [5, 5.41) is 9.13. The Labute approximate surface area is 93.5 Å². The lowest BCUT2D eigenvalue weighted by atomic mass is 9.74. The van der Waals surface area contributed by atoms with Crippen molar-refractivity contribution in [3.8, 4) is 6.07 Å². The van der Waals surface area contributed by atoms with Gasteiger partial charge >= 0.3 is 0 Å². The average molecular weight is 203 g/mol. The van der Waals surface area contributed by atoms with Gasteiger partial charge in [-0.3, -0.25) is 0 Å². The van der Waals surface area contributed by atoms with Crippen molar-refractivity contribution in [3.63, 3.8) is 0 Å². The van der Waals surface area contributed by atoms with E-state index >= 15 is 0 Å². The van der Waals surface area contributed by atoms with Gasteiger partial charge in [0.2, 0.25) is 0 Å². The minimum Gasteiger partial charge on any atom is -0.193 e. The van der Waals surface area contributed by atoms with E-state index in [0.29, 0.717) is 5.41 Å². The minimum absolute atomic E-state index is 0.323. The second kappa shape index (κ2) is 4.66. The highest BCUT2D eigenvalue weighted by Gasteiger charge is 2.25. The largest absolute Gasteiger partial charge is 0.193 e. The molecule has 1 nitrogen and oxygen atoms in total. The van der Waals surface area contributed by atoms with E-state index < -0.39 is 0 Å². The Kier molecular flexibility index (Phi) is 3.74. The fourth-order valence-electron chi connectivity index (χ4n) is 2.46. The molecule has 0 radical (unpaired) electrons. The maximum absolute atomic E-state index is 9.13. The van der Waals surface area contributed by atoms with E-state index in [2.05, 4.69) is 39.8 Å². The van der Waals surface area contributed by atoms with Gasteiger partial charge in [0.05, 0.1) is 6.07 Å². The quantitative estimate of drug-likeness (QED) is 0.611. The predicted octanol–water partition coefficient (Wildman–Crippen LogP) is 4.37. The lowest BCUT2D eigenvalue weighted by Crippen LogP contribution is -2.17. The molecule has 0 fully saturated rings. The first-order valence-electron chi connectivity index (χ1n) is 5.78. The molecule has 0 amide bonds. The Balaban J connectivity index is 3.04. The van der Waals surface area contributed by atoms with E-state index in [1.807, 2.05) is 0 Å². The molecule has 0 atom stereocenters. The molecule has 0 bridgehead atoms. The molecule has 82 valence electrons. The zero-order valence-electron chi connectivity index (χ0n) is 10.4. The standard InChI is InChI=1S/C14H21N/c1-5-6-12(10-15)13-7-11(2)8-14(3,4)9-13/h7H,5-6,8-9H2,1-4H3. The van der Waals surface area contributed by atoms with Gasteiger partial charge in [0, 0.05) is 5.57 Å². The Morgan fingerprint density at radius 1 is 1.47 bits per heavy atom. The summed E-state index contributed by atoms with van der Waals surface area (Å²) < 4.78 is 0. The van der Waals surface area contributed by atoms with Crippen molar-refractivity contribution in [1.29, 1.82) is 5.26 Å². The van der Waals surface area contributed by atoms with Crippen molar-refractivity contribution in [3.05, 3.63) is 22.8 Å². The third-order valence-electron chi connectivity index (χ3n) is 2.87. The van der Waals surface area contributed by atoms with Gasteiger partial charge in [-0.2, -0.15) is 5.26 Å². The van der Waals surface area contributed by atoms with Gasteiger partial charge in [-0.15, -0.1) is 0 Å². The summed E-state index contributed by atoms with van der Waals surface area (Å²) in [4.78, 5) is 0. The molecule has 0 aromatic rings. The number of hydrogen-bond donors (Lipinski definition) is 0. The fourth-order valence-corrected chi connectivity index (χ4v) is 2.46. The molecule has 0 aromatic carbocycles. The van der Waals surface area contributed by atoms with Gasteiger partial charge in [0.15, 0.2) is 0 Å². The summed E-state index contributed by atoms with van der Waals surface area (Å²) in [6.45, 7) is 8.86. The fraction of sp³-hybridized carbons (Fsp3) is 0.643. The molecule has 0 spiro atoms. The van der Waals surface area contributed by atoms with E-state index in [4.69, 9.17) is 5.26 Å². The first-order valence-corrected chi connectivity index (χ1v) is 5.78. The van der Waals surface area contributed by atoms with Crippen LogP contribution in [0, 0.1) is 16.7 Å². The third-order valence-corrected chi connectivity index (χ3v) is 2.87. The van der Waals surface area contributed by atoms with Crippen LogP contribution in [0.25, 0.3) is 0 Å². The summed E-state index contributed by atoms with van der Waals surface area (Å²) in [6, 6.07) is 2.37. The number of nitrogens with zero attached hydrogens (tertiary/aromatic N) is 1. The Morgan fingerprint density at radius 3 is 2.60 bits per heavy atom. The van der Waals surface area contributed by atoms with Gasteiger partial charge in [0.1, 0.15) is 0 Å². The van der Waals surface area contributed by atoms with Gasteiger partial charge in [-0.1, -0.05) is 38.8 Å². The number of hydrogen-bond acceptors (Lipinski definition) is 1. The van der Waals surface area contributed by atoms with Gasteiger partial charge in [-0.05, 0) is 37.2 Å². The van der Waals surface area contributed by atoms with Crippen LogP contribution in [0.15, 0.2) is 22.8 Å². The molecule has 0 heterocycles. The highest BCUT2D eigenvalue weighted by molar-refractivity contribution is 5.39. The van der Waals surface area contributed by atoms with E-state index in [1.165, 1.54) is 11.1 Å². The van der Waals surface area contributed by atoms with Crippen LogP contribution in [-0.2, 0) is 0 Å². The molecule has 0 unspecified atom stereocenters. The molecule has 0 saturated carbocycles. The SMILES string of the molecule is CCCC(C#N)=C1C=C(C)CC(C)(C)C1. The highest BCUT2D eigenvalue weighted by atomic mass is 14.3. The molecule has 0 aliphatic heterocycles. The minimum atomic E-state index is 0.323. The van der Waals surface area contributed by atoms with Crippen molar-refractivity contribution in [2.45, 2.75) is 53.4 Å². The van der Waals surface area contributed by atoms with Crippen molar-refractivity contribution < 1.29 is 0 Å². The van der Waals surface area contributed by atoms with Crippen molar-refractivity contribution in [2.24, 2.45) is 5.41 Å². The summed E-state index contributed by atoms with van der Waals surface area (Å²) in [7, 11) is 0. The first kappa shape index (κ1) is 12.0. The summed E-state index contributed by atoms with van der Waals surface area (Å²) in [5.41, 5.74) is 3.99. The van der Waals surface area contributed by atoms with Gasteiger partial charge in [-0.25, -0.2) is 0 Å². The molecule has 1 rings (SSSR count). The van der Waals surface area contributed by atoms with Gasteiger partial charge < -0.3 is 0 Å². The molecule has 15 heavy (non-hydrogen) atoms. The summed E-state index contributed by atoms with van der Waals surface area (Å²) >= 11 is 0. The van der Waals surface area contributed by atoms with Crippen LogP contribution in [0.3, 0.4) is 0 Å². The molecular formula is C14H21N. The smallest absolute Gasteiger partial charge is 0.0949 e. The van der Waals surface area contributed by atoms with Crippen LogP contribution in [-0.4, -0.2) is 0 Å². The van der Waals surface area contributed by atoms with Crippen LogP contribution in [0.4, 0.5) is 0 Å². The van der Waals surface area contributed by atoms with Crippen LogP contribution >= 0.6 is 0 Å². The monoisotopic (exact) mass is 203 g/mol. The van der Waals surface area contributed by atoms with Crippen LogP contribution in [0.5, 0.6) is 0 Å². The van der Waals surface area contributed by atoms with Crippen LogP contribution in [0.2, 0.25) is 0 Å². The van der Waals surface area contributed by atoms with Crippen LogP contribution in [0.1, 0.15) is 53.4 Å². The Hall–Kier alpha value is -1.03. The molecule has 0 aromatic heterocycles. The number of rotatable bonds is 2. The maximum atomic E-state index is 9.13. The lowest BCUT2D eigenvalue weighted by Gasteiger charge is -2.30. The molecule has 1 aliphatic rings. The van der Waals surface area contributed by atoms with Crippen molar-refractivity contribution >= 4 is 0 Å². The predicted molar refractivity (Wildman–Crippen MR) is 64.3 cm³/mol. The second-order valence-electron chi connectivity index (χ2n) is 5.37. The molecule has 1 aliphatic carbocycles. The first-order chi connectivity index (χ1) is 6.98. The summed E-state index contributed by atoms with van der Waals surface area (Å²) in [6.07, 6.45) is 6.40. The number of nitriles is 1. The molecule has 0 saturated heterocycles. The second-order valence-corrected chi connectivity index (χ2v) is 5.37. The van der Waals surface area contributed by atoms with E-state index in [-0.39, 0.29) is 0 Å². The lowest BCUT2D eigenvalue weighted by molar-refractivity contribution is 0.350. The van der Waals surface area contributed by atoms with Gasteiger partial charge in [0.25, 0.3) is 0 Å². The topological polar surface area (TPSA) is 23.8 Å². The zero-order valence-corrected chi connectivity index (χ0v) is 10.4. The highest BCUT2D eigenvalue weighted by Crippen LogP contribution is 2.39. The Morgan fingerprint density at radius 2 is 2.13 bits per heavy atom. The molecule has 1 heteroatoms. The third kappa shape index (κ3) is 3.23. The summed E-state index contributed by atoms with van der Waals surface area (Å²) in [5.74, 6) is 0.